The van der Waals surface area contributed by atoms with Crippen LogP contribution in [0.3, 0.4) is 0 Å². The van der Waals surface area contributed by atoms with E-state index in [0.29, 0.717) is 13.0 Å². The van der Waals surface area contributed by atoms with Crippen molar-refractivity contribution in [1.82, 2.24) is 10.3 Å². The molecule has 2 aromatic carbocycles. The van der Waals surface area contributed by atoms with E-state index in [-0.39, 0.29) is 35.7 Å². The molecule has 0 saturated heterocycles. The van der Waals surface area contributed by atoms with Gasteiger partial charge in [0.05, 0.1) is 13.5 Å². The monoisotopic (exact) mass is 460 g/mol. The number of ether oxygens (including phenoxy) is 4. The van der Waals surface area contributed by atoms with Gasteiger partial charge in [0.1, 0.15) is 5.56 Å². The number of rotatable bonds is 9. The van der Waals surface area contributed by atoms with E-state index in [4.69, 9.17) is 14.2 Å². The molecular weight excluding hydrogens is 436 g/mol. The van der Waals surface area contributed by atoms with Gasteiger partial charge in [-0.05, 0) is 28.8 Å². The molecule has 1 aliphatic heterocycles. The van der Waals surface area contributed by atoms with Crippen molar-refractivity contribution in [2.24, 2.45) is 0 Å². The Hall–Kier alpha value is -4.33. The van der Waals surface area contributed by atoms with Crippen LogP contribution in [0.4, 0.5) is 0 Å². The van der Waals surface area contributed by atoms with E-state index in [1.54, 1.807) is 12.1 Å². The first-order valence-corrected chi connectivity index (χ1v) is 10.7. The molecule has 1 N–H and O–H groups in total. The minimum atomic E-state index is -0.513. The normalized spacial score (nSPS) is 14.4. The lowest BCUT2D eigenvalue weighted by molar-refractivity contribution is -0.139. The standard InChI is InChI=1S/C26H24N2O6/c1-31-22(29)14-19-9-11-20(12-10-19)16-28-25(30)21-8-5-13-27-26(21)34-24-17-32-23(33-24)15-18-6-3-2-4-7-18/h2-13,17,23H,14-16H2,1H3,(H,28,30). The fourth-order valence-electron chi connectivity index (χ4n) is 3.29. The zero-order valence-electron chi connectivity index (χ0n) is 18.6. The molecular formula is C26H24N2O6. The first-order valence-electron chi connectivity index (χ1n) is 10.7. The SMILES string of the molecule is COC(=O)Cc1ccc(CNC(=O)c2cccnc2OC2=COC(Cc3ccccc3)O2)cc1. The molecule has 0 radical (unpaired) electrons. The van der Waals surface area contributed by atoms with Crippen LogP contribution in [0.25, 0.3) is 0 Å². The smallest absolute Gasteiger partial charge is 0.325 e. The number of esters is 1. The highest BCUT2D eigenvalue weighted by molar-refractivity contribution is 5.96. The Morgan fingerprint density at radius 3 is 2.50 bits per heavy atom. The van der Waals surface area contributed by atoms with Crippen LogP contribution in [0.5, 0.6) is 5.88 Å². The van der Waals surface area contributed by atoms with Gasteiger partial charge in [0, 0.05) is 19.2 Å². The number of pyridine rings is 1. The fraction of sp³-hybridized carbons (Fsp3) is 0.192. The van der Waals surface area contributed by atoms with Gasteiger partial charge in [0.2, 0.25) is 12.2 Å². The van der Waals surface area contributed by atoms with Crippen LogP contribution in [-0.2, 0) is 38.4 Å². The van der Waals surface area contributed by atoms with Crippen LogP contribution in [0.15, 0.2) is 85.1 Å². The molecule has 1 unspecified atom stereocenters. The van der Waals surface area contributed by atoms with Crippen LogP contribution < -0.4 is 10.1 Å². The quantitative estimate of drug-likeness (QED) is 0.488. The third-order valence-electron chi connectivity index (χ3n) is 5.07. The lowest BCUT2D eigenvalue weighted by atomic mass is 10.1. The lowest BCUT2D eigenvalue weighted by Gasteiger charge is -2.13. The fourth-order valence-corrected chi connectivity index (χ4v) is 3.29. The number of nitrogens with zero attached hydrogens (tertiary/aromatic N) is 1. The van der Waals surface area contributed by atoms with E-state index < -0.39 is 6.29 Å². The molecule has 1 aliphatic rings. The first kappa shape index (κ1) is 22.8. The van der Waals surface area contributed by atoms with E-state index in [1.165, 1.54) is 19.6 Å². The van der Waals surface area contributed by atoms with Crippen molar-refractivity contribution >= 4 is 11.9 Å². The summed E-state index contributed by atoms with van der Waals surface area (Å²) < 4.78 is 21.6. The topological polar surface area (TPSA) is 96.0 Å². The maximum absolute atomic E-state index is 12.8. The highest BCUT2D eigenvalue weighted by Crippen LogP contribution is 2.23. The Morgan fingerprint density at radius 2 is 1.74 bits per heavy atom. The van der Waals surface area contributed by atoms with Gasteiger partial charge < -0.3 is 24.3 Å². The molecule has 174 valence electrons. The van der Waals surface area contributed by atoms with Crippen LogP contribution in [0.1, 0.15) is 27.0 Å². The van der Waals surface area contributed by atoms with Crippen molar-refractivity contribution in [2.45, 2.75) is 25.7 Å². The number of hydrogen-bond donors (Lipinski definition) is 1. The van der Waals surface area contributed by atoms with Crippen molar-refractivity contribution in [1.29, 1.82) is 0 Å². The molecule has 0 spiro atoms. The molecule has 1 amide bonds. The summed E-state index contributed by atoms with van der Waals surface area (Å²) in [6.45, 7) is 0.299. The van der Waals surface area contributed by atoms with Crippen molar-refractivity contribution in [3.05, 3.63) is 107 Å². The van der Waals surface area contributed by atoms with E-state index >= 15 is 0 Å². The zero-order valence-corrected chi connectivity index (χ0v) is 18.6. The molecule has 8 heteroatoms. The van der Waals surface area contributed by atoms with Crippen molar-refractivity contribution < 1.29 is 28.5 Å². The Bertz CT molecular complexity index is 1160. The summed E-state index contributed by atoms with van der Waals surface area (Å²) in [6, 6.07) is 20.4. The Labute approximate surface area is 197 Å². The van der Waals surface area contributed by atoms with Crippen molar-refractivity contribution in [3.63, 3.8) is 0 Å². The van der Waals surface area contributed by atoms with Gasteiger partial charge in [-0.25, -0.2) is 4.98 Å². The minimum absolute atomic E-state index is 0.114. The second-order valence-corrected chi connectivity index (χ2v) is 7.52. The maximum Gasteiger partial charge on any atom is 0.325 e. The van der Waals surface area contributed by atoms with E-state index in [0.717, 1.165) is 16.7 Å². The predicted molar refractivity (Wildman–Crippen MR) is 122 cm³/mol. The Balaban J connectivity index is 1.32. The third kappa shape index (κ3) is 6.13. The number of hydrogen-bond acceptors (Lipinski definition) is 7. The van der Waals surface area contributed by atoms with Gasteiger partial charge in [-0.1, -0.05) is 54.6 Å². The summed E-state index contributed by atoms with van der Waals surface area (Å²) in [5.74, 6) is -0.399. The zero-order chi connectivity index (χ0) is 23.8. The number of carbonyl (C=O) groups is 2. The third-order valence-corrected chi connectivity index (χ3v) is 5.07. The summed E-state index contributed by atoms with van der Waals surface area (Å²) in [6.07, 6.45) is 3.15. The van der Waals surface area contributed by atoms with E-state index in [9.17, 15) is 9.59 Å². The first-order chi connectivity index (χ1) is 16.6. The minimum Gasteiger partial charge on any atom is -0.469 e. The highest BCUT2D eigenvalue weighted by atomic mass is 16.8. The van der Waals surface area contributed by atoms with Crippen LogP contribution in [0.2, 0.25) is 0 Å². The van der Waals surface area contributed by atoms with Crippen LogP contribution in [-0.4, -0.2) is 30.3 Å². The molecule has 3 aromatic rings. The van der Waals surface area contributed by atoms with Gasteiger partial charge in [-0.2, -0.15) is 0 Å². The predicted octanol–water partition coefficient (Wildman–Crippen LogP) is 3.52. The van der Waals surface area contributed by atoms with Crippen LogP contribution >= 0.6 is 0 Å². The number of benzene rings is 2. The molecule has 2 heterocycles. The molecule has 0 aliphatic carbocycles. The average Bonchev–Trinajstić information content (AvgIpc) is 3.30. The molecule has 34 heavy (non-hydrogen) atoms. The molecule has 0 fully saturated rings. The summed E-state index contributed by atoms with van der Waals surface area (Å²) >= 11 is 0. The van der Waals surface area contributed by atoms with Gasteiger partial charge >= 0.3 is 11.9 Å². The molecule has 1 atom stereocenters. The largest absolute Gasteiger partial charge is 0.469 e. The van der Waals surface area contributed by atoms with E-state index in [1.807, 2.05) is 54.6 Å². The summed E-state index contributed by atoms with van der Waals surface area (Å²) in [5.41, 5.74) is 3.05. The summed E-state index contributed by atoms with van der Waals surface area (Å²) in [4.78, 5) is 28.3. The Morgan fingerprint density at radius 1 is 0.971 bits per heavy atom. The molecule has 0 bridgehead atoms. The number of nitrogens with one attached hydrogen (secondary N) is 1. The van der Waals surface area contributed by atoms with Gasteiger partial charge in [0.25, 0.3) is 5.91 Å². The second-order valence-electron chi connectivity index (χ2n) is 7.52. The molecule has 1 aromatic heterocycles. The molecule has 4 rings (SSSR count). The molecule has 0 saturated carbocycles. The number of methoxy groups -OCH3 is 1. The average molecular weight is 460 g/mol. The van der Waals surface area contributed by atoms with E-state index in [2.05, 4.69) is 15.0 Å². The molecule has 8 nitrogen and oxygen atoms in total. The number of amides is 1. The van der Waals surface area contributed by atoms with Gasteiger partial charge in [0.15, 0.2) is 6.26 Å². The number of aromatic nitrogens is 1. The lowest BCUT2D eigenvalue weighted by Crippen LogP contribution is -2.24. The number of carbonyl (C=O) groups excluding carboxylic acids is 2. The highest BCUT2D eigenvalue weighted by Gasteiger charge is 2.24. The second kappa shape index (κ2) is 11.0. The maximum atomic E-state index is 12.8. The van der Waals surface area contributed by atoms with Crippen molar-refractivity contribution in [3.8, 4) is 5.88 Å². The van der Waals surface area contributed by atoms with Gasteiger partial charge in [-0.3, -0.25) is 9.59 Å². The van der Waals surface area contributed by atoms with Gasteiger partial charge in [-0.15, -0.1) is 0 Å². The Kier molecular flexibility index (Phi) is 7.39. The van der Waals surface area contributed by atoms with Crippen molar-refractivity contribution in [2.75, 3.05) is 7.11 Å². The summed E-state index contributed by atoms with van der Waals surface area (Å²) in [7, 11) is 1.36. The van der Waals surface area contributed by atoms with Crippen LogP contribution in [0, 0.1) is 0 Å². The summed E-state index contributed by atoms with van der Waals surface area (Å²) in [5, 5.41) is 2.85.